The number of guanidine groups is 1. The fourth-order valence-electron chi connectivity index (χ4n) is 3.02. The Morgan fingerprint density at radius 3 is 2.56 bits per heavy atom. The Hall–Kier alpha value is -3.21. The van der Waals surface area contributed by atoms with Gasteiger partial charge in [0.05, 0.1) is 5.92 Å². The Balaban J connectivity index is 2.06. The fraction of sp³-hybridized carbons (Fsp3) is 0.100. The number of halogens is 1. The molecule has 5 heteroatoms. The molecule has 0 aliphatic heterocycles. The maximum atomic E-state index is 13.5. The van der Waals surface area contributed by atoms with E-state index in [9.17, 15) is 9.18 Å². The van der Waals surface area contributed by atoms with Crippen LogP contribution in [0.4, 0.5) is 4.39 Å². The Morgan fingerprint density at radius 2 is 1.80 bits per heavy atom. The summed E-state index contributed by atoms with van der Waals surface area (Å²) in [5.41, 5.74) is 6.86. The van der Waals surface area contributed by atoms with Crippen molar-refractivity contribution >= 4 is 22.6 Å². The molecule has 0 aliphatic carbocycles. The van der Waals surface area contributed by atoms with Crippen LogP contribution in [0.5, 0.6) is 0 Å². The van der Waals surface area contributed by atoms with E-state index in [1.807, 2.05) is 42.5 Å². The molecule has 126 valence electrons. The first-order valence-corrected chi connectivity index (χ1v) is 7.91. The smallest absolute Gasteiger partial charge is 0.234 e. The van der Waals surface area contributed by atoms with E-state index in [0.717, 1.165) is 16.3 Å². The molecule has 0 fully saturated rings. The summed E-state index contributed by atoms with van der Waals surface area (Å²) < 4.78 is 13.5. The Morgan fingerprint density at radius 1 is 1.08 bits per heavy atom. The van der Waals surface area contributed by atoms with Crippen molar-refractivity contribution in [3.05, 3.63) is 83.7 Å². The zero-order valence-corrected chi connectivity index (χ0v) is 13.5. The predicted octanol–water partition coefficient (Wildman–Crippen LogP) is 3.31. The number of fused-ring (bicyclic) bond motifs is 1. The van der Waals surface area contributed by atoms with E-state index in [4.69, 9.17) is 11.1 Å². The topological polar surface area (TPSA) is 79.0 Å². The number of benzene rings is 3. The summed E-state index contributed by atoms with van der Waals surface area (Å²) in [6, 6.07) is 19.7. The first-order chi connectivity index (χ1) is 12.0. The summed E-state index contributed by atoms with van der Waals surface area (Å²) in [6.45, 7) is 0. The lowest BCUT2D eigenvalue weighted by Gasteiger charge is -2.19. The first-order valence-electron chi connectivity index (χ1n) is 7.91. The quantitative estimate of drug-likeness (QED) is 0.505. The van der Waals surface area contributed by atoms with Crippen LogP contribution in [0.25, 0.3) is 10.8 Å². The molecule has 0 aromatic heterocycles. The third-order valence-corrected chi connectivity index (χ3v) is 4.10. The second-order valence-corrected chi connectivity index (χ2v) is 5.86. The van der Waals surface area contributed by atoms with E-state index >= 15 is 0 Å². The molecule has 3 aromatic carbocycles. The Bertz CT molecular complexity index is 934. The molecule has 3 aromatic rings. The maximum Gasteiger partial charge on any atom is 0.234 e. The minimum Gasteiger partial charge on any atom is -0.370 e. The highest BCUT2D eigenvalue weighted by Crippen LogP contribution is 2.29. The van der Waals surface area contributed by atoms with Gasteiger partial charge in [-0.25, -0.2) is 4.39 Å². The van der Waals surface area contributed by atoms with Crippen molar-refractivity contribution in [2.75, 3.05) is 0 Å². The van der Waals surface area contributed by atoms with Crippen molar-refractivity contribution in [3.63, 3.8) is 0 Å². The van der Waals surface area contributed by atoms with Crippen molar-refractivity contribution in [1.29, 1.82) is 5.41 Å². The summed E-state index contributed by atoms with van der Waals surface area (Å²) in [7, 11) is 0. The molecule has 1 atom stereocenters. The molecule has 0 saturated heterocycles. The average Bonchev–Trinajstić information content (AvgIpc) is 2.59. The molecule has 4 nitrogen and oxygen atoms in total. The largest absolute Gasteiger partial charge is 0.370 e. The van der Waals surface area contributed by atoms with Crippen molar-refractivity contribution in [1.82, 2.24) is 5.32 Å². The number of nitrogens with one attached hydrogen (secondary N) is 2. The summed E-state index contributed by atoms with van der Waals surface area (Å²) in [4.78, 5) is 12.7. The molecule has 25 heavy (non-hydrogen) atoms. The van der Waals surface area contributed by atoms with Crippen molar-refractivity contribution in [2.24, 2.45) is 5.73 Å². The van der Waals surface area contributed by atoms with Crippen LogP contribution < -0.4 is 11.1 Å². The van der Waals surface area contributed by atoms with Gasteiger partial charge in [0.25, 0.3) is 0 Å². The summed E-state index contributed by atoms with van der Waals surface area (Å²) in [6.07, 6.45) is 0.310. The van der Waals surface area contributed by atoms with Crippen LogP contribution in [0.2, 0.25) is 0 Å². The summed E-state index contributed by atoms with van der Waals surface area (Å²) in [5, 5.41) is 11.7. The van der Waals surface area contributed by atoms with Gasteiger partial charge in [-0.1, -0.05) is 54.6 Å². The highest BCUT2D eigenvalue weighted by atomic mass is 19.1. The van der Waals surface area contributed by atoms with Gasteiger partial charge in [0.2, 0.25) is 5.91 Å². The van der Waals surface area contributed by atoms with Gasteiger partial charge in [0.1, 0.15) is 5.82 Å². The number of amides is 1. The standard InChI is InChI=1S/C20H18FN3O/c21-15-8-3-5-13(11-15)12-18(19(25)24-20(22)23)17-10-4-7-14-6-1-2-9-16(14)17/h1-11,18H,12H2,(H4,22,23,24,25). The van der Waals surface area contributed by atoms with Crippen LogP contribution in [0.1, 0.15) is 17.0 Å². The summed E-state index contributed by atoms with van der Waals surface area (Å²) >= 11 is 0. The highest BCUT2D eigenvalue weighted by Gasteiger charge is 2.23. The third-order valence-electron chi connectivity index (χ3n) is 4.10. The lowest BCUT2D eigenvalue weighted by atomic mass is 9.88. The summed E-state index contributed by atoms with van der Waals surface area (Å²) in [5.74, 6) is -1.72. The third kappa shape index (κ3) is 3.83. The van der Waals surface area contributed by atoms with Crippen LogP contribution in [0.15, 0.2) is 66.7 Å². The SMILES string of the molecule is N=C(N)NC(=O)C(Cc1cccc(F)c1)c1cccc2ccccc12. The zero-order chi connectivity index (χ0) is 17.8. The monoisotopic (exact) mass is 335 g/mol. The van der Waals surface area contributed by atoms with Gasteiger partial charge in [0.15, 0.2) is 5.96 Å². The number of carbonyl (C=O) groups is 1. The minimum atomic E-state index is -0.586. The normalized spacial score (nSPS) is 11.9. The molecule has 0 radical (unpaired) electrons. The second-order valence-electron chi connectivity index (χ2n) is 5.86. The number of nitrogens with two attached hydrogens (primary N) is 1. The molecule has 1 unspecified atom stereocenters. The fourth-order valence-corrected chi connectivity index (χ4v) is 3.02. The van der Waals surface area contributed by atoms with E-state index in [2.05, 4.69) is 5.32 Å². The van der Waals surface area contributed by atoms with Crippen molar-refractivity contribution < 1.29 is 9.18 Å². The lowest BCUT2D eigenvalue weighted by Crippen LogP contribution is -2.39. The molecule has 0 saturated carbocycles. The Labute approximate surface area is 145 Å². The zero-order valence-electron chi connectivity index (χ0n) is 13.5. The molecule has 0 spiro atoms. The van der Waals surface area contributed by atoms with Crippen LogP contribution in [0.3, 0.4) is 0 Å². The molecular weight excluding hydrogens is 317 g/mol. The van der Waals surface area contributed by atoms with Crippen LogP contribution in [-0.4, -0.2) is 11.9 Å². The van der Waals surface area contributed by atoms with Gasteiger partial charge in [0, 0.05) is 0 Å². The highest BCUT2D eigenvalue weighted by molar-refractivity contribution is 6.00. The average molecular weight is 335 g/mol. The molecule has 1 amide bonds. The van der Waals surface area contributed by atoms with E-state index in [-0.39, 0.29) is 11.7 Å². The van der Waals surface area contributed by atoms with E-state index in [0.29, 0.717) is 12.0 Å². The van der Waals surface area contributed by atoms with E-state index in [1.165, 1.54) is 12.1 Å². The van der Waals surface area contributed by atoms with Gasteiger partial charge >= 0.3 is 0 Å². The minimum absolute atomic E-state index is 0.310. The van der Waals surface area contributed by atoms with Crippen molar-refractivity contribution in [2.45, 2.75) is 12.3 Å². The number of carbonyl (C=O) groups excluding carboxylic acids is 1. The number of rotatable bonds is 4. The first kappa shape index (κ1) is 16.6. The van der Waals surface area contributed by atoms with Gasteiger partial charge in [-0.15, -0.1) is 0 Å². The van der Waals surface area contributed by atoms with Gasteiger partial charge in [-0.05, 0) is 40.5 Å². The van der Waals surface area contributed by atoms with Gasteiger partial charge in [-0.2, -0.15) is 0 Å². The molecule has 3 rings (SSSR count). The molecule has 0 aliphatic rings. The van der Waals surface area contributed by atoms with E-state index in [1.54, 1.807) is 12.1 Å². The second kappa shape index (κ2) is 7.13. The van der Waals surface area contributed by atoms with Crippen LogP contribution in [0, 0.1) is 11.2 Å². The molecular formula is C20H18FN3O. The number of hydrogen-bond donors (Lipinski definition) is 3. The van der Waals surface area contributed by atoms with Crippen LogP contribution in [-0.2, 0) is 11.2 Å². The molecule has 4 N–H and O–H groups in total. The van der Waals surface area contributed by atoms with Crippen LogP contribution >= 0.6 is 0 Å². The maximum absolute atomic E-state index is 13.5. The molecule has 0 heterocycles. The molecule has 0 bridgehead atoms. The number of hydrogen-bond acceptors (Lipinski definition) is 2. The lowest BCUT2D eigenvalue weighted by molar-refractivity contribution is -0.121. The predicted molar refractivity (Wildman–Crippen MR) is 96.8 cm³/mol. The van der Waals surface area contributed by atoms with Gasteiger partial charge < -0.3 is 5.73 Å². The van der Waals surface area contributed by atoms with Gasteiger partial charge in [-0.3, -0.25) is 15.5 Å². The Kier molecular flexibility index (Phi) is 4.75. The van der Waals surface area contributed by atoms with E-state index < -0.39 is 11.9 Å². The van der Waals surface area contributed by atoms with Crippen molar-refractivity contribution in [3.8, 4) is 0 Å².